The van der Waals surface area contributed by atoms with Crippen LogP contribution in [0.25, 0.3) is 5.76 Å². The van der Waals surface area contributed by atoms with Crippen molar-refractivity contribution in [2.75, 3.05) is 0 Å². The van der Waals surface area contributed by atoms with E-state index in [9.17, 15) is 4.79 Å². The summed E-state index contributed by atoms with van der Waals surface area (Å²) in [5.74, 6) is 1.75. The molecule has 0 aliphatic rings. The number of H-pyrrole nitrogens is 1. The summed E-state index contributed by atoms with van der Waals surface area (Å²) in [7, 11) is 0. The highest BCUT2D eigenvalue weighted by Crippen LogP contribution is 2.11. The SMILES string of the molecule is O=C=C(OCc1ccccc1)c1c[nH]nn1. The van der Waals surface area contributed by atoms with E-state index in [1.54, 1.807) is 5.94 Å². The highest BCUT2D eigenvalue weighted by atomic mass is 16.5. The molecular weight excluding hydrogens is 206 g/mol. The maximum absolute atomic E-state index is 10.7. The summed E-state index contributed by atoms with van der Waals surface area (Å²) < 4.78 is 5.29. The molecule has 0 saturated carbocycles. The van der Waals surface area contributed by atoms with Gasteiger partial charge in [-0.15, -0.1) is 5.10 Å². The minimum absolute atomic E-state index is 0.0533. The van der Waals surface area contributed by atoms with Crippen LogP contribution >= 0.6 is 0 Å². The van der Waals surface area contributed by atoms with Gasteiger partial charge in [0.1, 0.15) is 6.61 Å². The molecule has 0 aliphatic heterocycles. The Kier molecular flexibility index (Phi) is 3.11. The van der Waals surface area contributed by atoms with Crippen LogP contribution in [0.2, 0.25) is 0 Å². The fourth-order valence-corrected chi connectivity index (χ4v) is 1.20. The smallest absolute Gasteiger partial charge is 0.233 e. The molecule has 2 aromatic rings. The summed E-state index contributed by atoms with van der Waals surface area (Å²) in [6, 6.07) is 9.53. The Balaban J connectivity index is 2.03. The highest BCUT2D eigenvalue weighted by Gasteiger charge is 2.07. The molecule has 5 heteroatoms. The zero-order valence-electron chi connectivity index (χ0n) is 8.38. The molecule has 0 aliphatic carbocycles. The van der Waals surface area contributed by atoms with Crippen LogP contribution in [0.15, 0.2) is 36.5 Å². The molecule has 1 aromatic heterocycles. The molecule has 5 nitrogen and oxygen atoms in total. The molecule has 0 radical (unpaired) electrons. The lowest BCUT2D eigenvalue weighted by Crippen LogP contribution is -1.94. The van der Waals surface area contributed by atoms with Gasteiger partial charge in [0.15, 0.2) is 11.6 Å². The quantitative estimate of drug-likeness (QED) is 0.614. The molecule has 0 amide bonds. The predicted molar refractivity (Wildman–Crippen MR) is 56.7 cm³/mol. The van der Waals surface area contributed by atoms with E-state index in [0.29, 0.717) is 12.3 Å². The van der Waals surface area contributed by atoms with E-state index < -0.39 is 0 Å². The first-order valence-electron chi connectivity index (χ1n) is 4.69. The van der Waals surface area contributed by atoms with Crippen LogP contribution in [0.3, 0.4) is 0 Å². The average Bonchev–Trinajstić information content (AvgIpc) is 2.85. The van der Waals surface area contributed by atoms with Gasteiger partial charge in [-0.2, -0.15) is 0 Å². The summed E-state index contributed by atoms with van der Waals surface area (Å²) in [5, 5.41) is 9.66. The number of aromatic nitrogens is 3. The van der Waals surface area contributed by atoms with E-state index in [1.165, 1.54) is 6.20 Å². The van der Waals surface area contributed by atoms with Crippen molar-refractivity contribution in [3.05, 3.63) is 47.8 Å². The molecular formula is C11H9N3O2. The van der Waals surface area contributed by atoms with E-state index in [2.05, 4.69) is 15.4 Å². The molecule has 0 fully saturated rings. The Morgan fingerprint density at radius 3 is 2.81 bits per heavy atom. The van der Waals surface area contributed by atoms with E-state index in [-0.39, 0.29) is 5.76 Å². The molecule has 1 aromatic carbocycles. The van der Waals surface area contributed by atoms with Gasteiger partial charge in [0.2, 0.25) is 5.76 Å². The number of aromatic amines is 1. The van der Waals surface area contributed by atoms with Crippen molar-refractivity contribution >= 4 is 11.7 Å². The Labute approximate surface area is 91.8 Å². The van der Waals surface area contributed by atoms with Gasteiger partial charge in [-0.05, 0) is 5.56 Å². The van der Waals surface area contributed by atoms with Crippen LogP contribution < -0.4 is 0 Å². The standard InChI is InChI=1S/C11H9N3O2/c15-7-11(10-6-12-14-13-10)16-8-9-4-2-1-3-5-9/h1-6H,8H2,(H,12,13,14). The van der Waals surface area contributed by atoms with Crippen molar-refractivity contribution in [1.29, 1.82) is 0 Å². The monoisotopic (exact) mass is 215 g/mol. The highest BCUT2D eigenvalue weighted by molar-refractivity contribution is 5.81. The lowest BCUT2D eigenvalue weighted by atomic mass is 10.2. The summed E-state index contributed by atoms with van der Waals surface area (Å²) in [4.78, 5) is 10.7. The van der Waals surface area contributed by atoms with Gasteiger partial charge in [0.05, 0.1) is 6.20 Å². The Morgan fingerprint density at radius 2 is 2.19 bits per heavy atom. The summed E-state index contributed by atoms with van der Waals surface area (Å²) in [5.41, 5.74) is 1.32. The van der Waals surface area contributed by atoms with Gasteiger partial charge in [0, 0.05) is 0 Å². The molecule has 1 heterocycles. The van der Waals surface area contributed by atoms with Crippen LogP contribution in [0.1, 0.15) is 11.3 Å². The average molecular weight is 215 g/mol. The fourth-order valence-electron chi connectivity index (χ4n) is 1.20. The van der Waals surface area contributed by atoms with Crippen LogP contribution in [-0.2, 0) is 16.1 Å². The van der Waals surface area contributed by atoms with Gasteiger partial charge in [-0.25, -0.2) is 4.79 Å². The molecule has 16 heavy (non-hydrogen) atoms. The van der Waals surface area contributed by atoms with Gasteiger partial charge >= 0.3 is 0 Å². The van der Waals surface area contributed by atoms with Crippen molar-refractivity contribution in [2.24, 2.45) is 0 Å². The third-order valence-electron chi connectivity index (χ3n) is 1.97. The van der Waals surface area contributed by atoms with E-state index in [0.717, 1.165) is 5.56 Å². The molecule has 2 rings (SSSR count). The lowest BCUT2D eigenvalue weighted by molar-refractivity contribution is 0.265. The van der Waals surface area contributed by atoms with Crippen molar-refractivity contribution < 1.29 is 9.53 Å². The number of nitrogens with one attached hydrogen (secondary N) is 1. The van der Waals surface area contributed by atoms with Crippen LogP contribution in [-0.4, -0.2) is 21.4 Å². The van der Waals surface area contributed by atoms with Gasteiger partial charge in [0.25, 0.3) is 0 Å². The molecule has 80 valence electrons. The van der Waals surface area contributed by atoms with Crippen molar-refractivity contribution in [2.45, 2.75) is 6.61 Å². The van der Waals surface area contributed by atoms with Crippen molar-refractivity contribution in [1.82, 2.24) is 15.4 Å². The number of carbonyl (C=O) groups excluding carboxylic acids is 1. The van der Waals surface area contributed by atoms with Gasteiger partial charge in [-0.3, -0.25) is 5.10 Å². The first-order valence-corrected chi connectivity index (χ1v) is 4.69. The fraction of sp³-hybridized carbons (Fsp3) is 0.0909. The van der Waals surface area contributed by atoms with Crippen LogP contribution in [0.4, 0.5) is 0 Å². The second-order valence-corrected chi connectivity index (χ2v) is 3.06. The van der Waals surface area contributed by atoms with Crippen LogP contribution in [0.5, 0.6) is 0 Å². The number of nitrogens with zero attached hydrogens (tertiary/aromatic N) is 2. The predicted octanol–water partition coefficient (Wildman–Crippen LogP) is 1.19. The summed E-state index contributed by atoms with van der Waals surface area (Å²) in [6.07, 6.45) is 1.48. The number of hydrogen-bond donors (Lipinski definition) is 1. The second-order valence-electron chi connectivity index (χ2n) is 3.06. The molecule has 0 bridgehead atoms. The first kappa shape index (κ1) is 10.1. The molecule has 0 spiro atoms. The van der Waals surface area contributed by atoms with Gasteiger partial charge in [-0.1, -0.05) is 35.5 Å². The molecule has 0 saturated heterocycles. The van der Waals surface area contributed by atoms with Crippen molar-refractivity contribution in [3.8, 4) is 0 Å². The van der Waals surface area contributed by atoms with Gasteiger partial charge < -0.3 is 4.74 Å². The number of hydrogen-bond acceptors (Lipinski definition) is 4. The normalized spacial score (nSPS) is 9.50. The Hall–Kier alpha value is -2.39. The largest absolute Gasteiger partial charge is 0.477 e. The molecule has 0 unspecified atom stereocenters. The maximum Gasteiger partial charge on any atom is 0.233 e. The Bertz CT molecular complexity index is 487. The van der Waals surface area contributed by atoms with E-state index >= 15 is 0 Å². The Morgan fingerprint density at radius 1 is 1.38 bits per heavy atom. The molecule has 1 N–H and O–H groups in total. The third-order valence-corrected chi connectivity index (χ3v) is 1.97. The zero-order chi connectivity index (χ0) is 11.2. The third kappa shape index (κ3) is 2.34. The second kappa shape index (κ2) is 4.91. The van der Waals surface area contributed by atoms with Crippen LogP contribution in [0, 0.1) is 0 Å². The minimum Gasteiger partial charge on any atom is -0.477 e. The molecule has 0 atom stereocenters. The topological polar surface area (TPSA) is 67.9 Å². The lowest BCUT2D eigenvalue weighted by Gasteiger charge is -2.03. The summed E-state index contributed by atoms with van der Waals surface area (Å²) in [6.45, 7) is 0.304. The maximum atomic E-state index is 10.7. The summed E-state index contributed by atoms with van der Waals surface area (Å²) >= 11 is 0. The number of ether oxygens (including phenoxy) is 1. The first-order chi connectivity index (χ1) is 7.90. The number of benzene rings is 1. The van der Waals surface area contributed by atoms with Crippen molar-refractivity contribution in [3.63, 3.8) is 0 Å². The zero-order valence-corrected chi connectivity index (χ0v) is 8.38. The van der Waals surface area contributed by atoms with E-state index in [1.807, 2.05) is 30.3 Å². The minimum atomic E-state index is 0.0533. The number of rotatable bonds is 4. The van der Waals surface area contributed by atoms with E-state index in [4.69, 9.17) is 4.74 Å².